The normalized spacial score (nSPS) is 19.5. The molecule has 1 N–H and O–H groups in total. The molecule has 0 spiro atoms. The monoisotopic (exact) mass is 321 g/mol. The first kappa shape index (κ1) is 15.2. The molecule has 1 aliphatic rings. The third kappa shape index (κ3) is 3.39. The van der Waals surface area contributed by atoms with Crippen LogP contribution in [-0.2, 0) is 0 Å². The molecule has 0 aliphatic carbocycles. The number of nitrogens with one attached hydrogen (secondary N) is 1. The van der Waals surface area contributed by atoms with Gasteiger partial charge in [-0.05, 0) is 38.4 Å². The summed E-state index contributed by atoms with van der Waals surface area (Å²) >= 11 is 5.82. The van der Waals surface area contributed by atoms with Crippen LogP contribution in [0, 0.1) is 0 Å². The molecule has 22 heavy (non-hydrogen) atoms. The summed E-state index contributed by atoms with van der Waals surface area (Å²) in [5, 5.41) is 7.37. The average Bonchev–Trinajstić information content (AvgIpc) is 2.92. The van der Waals surface area contributed by atoms with Crippen LogP contribution in [0.25, 0.3) is 5.65 Å². The molecule has 0 bridgehead atoms. The van der Waals surface area contributed by atoms with Crippen molar-refractivity contribution in [2.75, 3.05) is 19.6 Å². The molecule has 0 aromatic carbocycles. The molecule has 1 unspecified atom stereocenters. The van der Waals surface area contributed by atoms with Crippen LogP contribution in [0.2, 0.25) is 5.15 Å². The van der Waals surface area contributed by atoms with E-state index < -0.39 is 0 Å². The summed E-state index contributed by atoms with van der Waals surface area (Å²) in [6, 6.07) is 4.00. The maximum atomic E-state index is 12.2. The van der Waals surface area contributed by atoms with Crippen LogP contribution >= 0.6 is 11.6 Å². The molecular formula is C15H20ClN5O. The number of hydrogen-bond acceptors (Lipinski definition) is 4. The lowest BCUT2D eigenvalue weighted by Gasteiger charge is -2.33. The number of imidazole rings is 1. The van der Waals surface area contributed by atoms with Gasteiger partial charge in [-0.1, -0.05) is 18.0 Å². The molecule has 0 saturated carbocycles. The maximum absolute atomic E-state index is 12.2. The van der Waals surface area contributed by atoms with E-state index >= 15 is 0 Å². The smallest absolute Gasteiger partial charge is 0.271 e. The summed E-state index contributed by atoms with van der Waals surface area (Å²) in [5.74, 6) is -0.175. The number of amides is 1. The minimum atomic E-state index is -0.175. The summed E-state index contributed by atoms with van der Waals surface area (Å²) in [5.41, 5.74) is 0.973. The van der Waals surface area contributed by atoms with Crippen molar-refractivity contribution < 1.29 is 4.79 Å². The second-order valence-corrected chi connectivity index (χ2v) is 6.11. The van der Waals surface area contributed by atoms with E-state index in [1.165, 1.54) is 23.8 Å². The van der Waals surface area contributed by atoms with Gasteiger partial charge in [0, 0.05) is 19.1 Å². The van der Waals surface area contributed by atoms with Gasteiger partial charge in [0.1, 0.15) is 10.8 Å². The van der Waals surface area contributed by atoms with Crippen molar-refractivity contribution in [2.24, 2.45) is 0 Å². The molecule has 6 nitrogen and oxygen atoms in total. The number of halogens is 1. The highest BCUT2D eigenvalue weighted by molar-refractivity contribution is 6.29. The Morgan fingerprint density at radius 2 is 2.32 bits per heavy atom. The Kier molecular flexibility index (Phi) is 4.59. The molecule has 118 valence electrons. The van der Waals surface area contributed by atoms with E-state index in [-0.39, 0.29) is 5.91 Å². The highest BCUT2D eigenvalue weighted by atomic mass is 35.5. The Labute approximate surface area is 134 Å². The third-order valence-electron chi connectivity index (χ3n) is 4.15. The van der Waals surface area contributed by atoms with E-state index in [4.69, 9.17) is 11.6 Å². The molecule has 3 rings (SSSR count). The van der Waals surface area contributed by atoms with Gasteiger partial charge in [-0.2, -0.15) is 5.10 Å². The lowest BCUT2D eigenvalue weighted by Crippen LogP contribution is -2.42. The van der Waals surface area contributed by atoms with Gasteiger partial charge in [-0.3, -0.25) is 9.69 Å². The number of hydrogen-bond donors (Lipinski definition) is 1. The van der Waals surface area contributed by atoms with Crippen molar-refractivity contribution in [3.8, 4) is 0 Å². The second kappa shape index (κ2) is 6.62. The zero-order valence-electron chi connectivity index (χ0n) is 12.6. The molecular weight excluding hydrogens is 302 g/mol. The van der Waals surface area contributed by atoms with Crippen molar-refractivity contribution in [2.45, 2.75) is 32.2 Å². The molecule has 1 amide bonds. The second-order valence-electron chi connectivity index (χ2n) is 5.72. The Bertz CT molecular complexity index is 671. The zero-order chi connectivity index (χ0) is 15.5. The Balaban J connectivity index is 1.56. The number of nitrogens with zero attached hydrogens (tertiary/aromatic N) is 4. The van der Waals surface area contributed by atoms with Gasteiger partial charge in [0.25, 0.3) is 5.91 Å². The van der Waals surface area contributed by atoms with E-state index in [0.29, 0.717) is 29.1 Å². The highest BCUT2D eigenvalue weighted by Gasteiger charge is 2.18. The maximum Gasteiger partial charge on any atom is 0.271 e. The average molecular weight is 322 g/mol. The van der Waals surface area contributed by atoms with E-state index in [9.17, 15) is 4.79 Å². The quantitative estimate of drug-likeness (QED) is 0.935. The first-order valence-corrected chi connectivity index (χ1v) is 8.05. The van der Waals surface area contributed by atoms with E-state index in [1.54, 1.807) is 18.3 Å². The zero-order valence-corrected chi connectivity index (χ0v) is 13.4. The van der Waals surface area contributed by atoms with Gasteiger partial charge in [0.15, 0.2) is 5.65 Å². The molecule has 2 aromatic heterocycles. The van der Waals surface area contributed by atoms with Crippen molar-refractivity contribution in [3.63, 3.8) is 0 Å². The minimum Gasteiger partial charge on any atom is -0.349 e. The number of fused-ring (bicyclic) bond motifs is 1. The van der Waals surface area contributed by atoms with Crippen molar-refractivity contribution in [1.82, 2.24) is 24.8 Å². The number of rotatable bonds is 4. The summed E-state index contributed by atoms with van der Waals surface area (Å²) in [6.45, 7) is 4.88. The Morgan fingerprint density at radius 1 is 1.45 bits per heavy atom. The SMILES string of the molecule is CC1CCCCN1CCNC(=O)c1cn2nc(Cl)ccc2n1. The first-order valence-electron chi connectivity index (χ1n) is 7.67. The van der Waals surface area contributed by atoms with E-state index in [2.05, 4.69) is 27.2 Å². The predicted molar refractivity (Wildman–Crippen MR) is 85.2 cm³/mol. The molecule has 2 aromatic rings. The molecule has 7 heteroatoms. The summed E-state index contributed by atoms with van der Waals surface area (Å²) in [7, 11) is 0. The molecule has 1 aliphatic heterocycles. The molecule has 1 fully saturated rings. The molecule has 1 saturated heterocycles. The highest BCUT2D eigenvalue weighted by Crippen LogP contribution is 2.15. The van der Waals surface area contributed by atoms with Gasteiger partial charge in [0.05, 0.1) is 6.20 Å². The largest absolute Gasteiger partial charge is 0.349 e. The molecule has 3 heterocycles. The standard InChI is InChI=1S/C15H20ClN5O/c1-11-4-2-3-8-20(11)9-7-17-15(22)12-10-21-14(18-12)6-5-13(16)19-21/h5-6,10-11H,2-4,7-9H2,1H3,(H,17,22). The molecule has 0 radical (unpaired) electrons. The predicted octanol–water partition coefficient (Wildman–Crippen LogP) is 1.99. The molecule has 1 atom stereocenters. The van der Waals surface area contributed by atoms with Crippen LogP contribution in [0.4, 0.5) is 0 Å². The fraction of sp³-hybridized carbons (Fsp3) is 0.533. The van der Waals surface area contributed by atoms with Crippen LogP contribution in [0.3, 0.4) is 0 Å². The lowest BCUT2D eigenvalue weighted by atomic mass is 10.0. The van der Waals surface area contributed by atoms with Crippen LogP contribution in [0.5, 0.6) is 0 Å². The van der Waals surface area contributed by atoms with Gasteiger partial charge in [0.2, 0.25) is 0 Å². The Morgan fingerprint density at radius 3 is 3.14 bits per heavy atom. The van der Waals surface area contributed by atoms with Crippen molar-refractivity contribution >= 4 is 23.2 Å². The summed E-state index contributed by atoms with van der Waals surface area (Å²) in [4.78, 5) is 18.8. The summed E-state index contributed by atoms with van der Waals surface area (Å²) < 4.78 is 1.52. The first-order chi connectivity index (χ1) is 10.6. The van der Waals surface area contributed by atoms with Crippen molar-refractivity contribution in [3.05, 3.63) is 29.2 Å². The topological polar surface area (TPSA) is 62.5 Å². The van der Waals surface area contributed by atoms with Gasteiger partial charge in [-0.15, -0.1) is 0 Å². The van der Waals surface area contributed by atoms with Crippen LogP contribution in [0.1, 0.15) is 36.7 Å². The van der Waals surface area contributed by atoms with Gasteiger partial charge < -0.3 is 5.32 Å². The summed E-state index contributed by atoms with van der Waals surface area (Å²) in [6.07, 6.45) is 5.39. The fourth-order valence-electron chi connectivity index (χ4n) is 2.86. The number of piperidine rings is 1. The van der Waals surface area contributed by atoms with Crippen LogP contribution < -0.4 is 5.32 Å². The number of likely N-dealkylation sites (tertiary alicyclic amines) is 1. The minimum absolute atomic E-state index is 0.175. The van der Waals surface area contributed by atoms with E-state index in [1.807, 2.05) is 0 Å². The van der Waals surface area contributed by atoms with Gasteiger partial charge >= 0.3 is 0 Å². The number of carbonyl (C=O) groups excluding carboxylic acids is 1. The van der Waals surface area contributed by atoms with E-state index in [0.717, 1.165) is 13.1 Å². The van der Waals surface area contributed by atoms with Crippen LogP contribution in [0.15, 0.2) is 18.3 Å². The van der Waals surface area contributed by atoms with Gasteiger partial charge in [-0.25, -0.2) is 9.50 Å². The Hall–Kier alpha value is -1.66. The third-order valence-corrected chi connectivity index (χ3v) is 4.35. The fourth-order valence-corrected chi connectivity index (χ4v) is 3.01. The van der Waals surface area contributed by atoms with Crippen LogP contribution in [-0.4, -0.2) is 51.1 Å². The number of aromatic nitrogens is 3. The lowest BCUT2D eigenvalue weighted by molar-refractivity contribution is 0.0934. The number of carbonyl (C=O) groups is 1. The van der Waals surface area contributed by atoms with Crippen molar-refractivity contribution in [1.29, 1.82) is 0 Å².